The van der Waals surface area contributed by atoms with Crippen LogP contribution in [0.3, 0.4) is 0 Å². The normalized spacial score (nSPS) is 10.1. The Hall–Kier alpha value is -2.63. The Morgan fingerprint density at radius 1 is 1.12 bits per heavy atom. The van der Waals surface area contributed by atoms with E-state index in [1.165, 1.54) is 41.1 Å². The van der Waals surface area contributed by atoms with Crippen molar-refractivity contribution in [1.82, 2.24) is 9.55 Å². The van der Waals surface area contributed by atoms with Gasteiger partial charge in [0.1, 0.15) is 0 Å². The number of aromatic nitrogens is 2. The molecule has 0 aliphatic rings. The molecule has 2 N–H and O–H groups in total. The molecule has 1 aromatic heterocycles. The Labute approximate surface area is 94.8 Å². The molecule has 0 unspecified atom stereocenters. The number of carboxylic acids is 1. The van der Waals surface area contributed by atoms with E-state index in [-0.39, 0.29) is 5.56 Å². The first-order chi connectivity index (χ1) is 8.08. The van der Waals surface area contributed by atoms with Gasteiger partial charge in [0, 0.05) is 12.3 Å². The third-order valence-corrected chi connectivity index (χ3v) is 2.22. The average molecular weight is 232 g/mol. The van der Waals surface area contributed by atoms with Gasteiger partial charge in [-0.05, 0) is 24.3 Å². The Balaban J connectivity index is 2.50. The van der Waals surface area contributed by atoms with Gasteiger partial charge in [-0.25, -0.2) is 9.59 Å². The summed E-state index contributed by atoms with van der Waals surface area (Å²) >= 11 is 0. The van der Waals surface area contributed by atoms with Crippen molar-refractivity contribution in [3.63, 3.8) is 0 Å². The molecule has 0 fully saturated rings. The van der Waals surface area contributed by atoms with Crippen molar-refractivity contribution < 1.29 is 9.90 Å². The predicted octanol–water partition coefficient (Wildman–Crippen LogP) is 0.224. The number of aromatic carboxylic acids is 1. The standard InChI is InChI=1S/C11H8N2O4/c14-9-5-6-13(11(17)12-9)8-3-1-7(2-4-8)10(15)16/h1-6H,(H,15,16)(H,12,14,17). The molecule has 0 atom stereocenters. The third-order valence-electron chi connectivity index (χ3n) is 2.22. The summed E-state index contributed by atoms with van der Waals surface area (Å²) in [4.78, 5) is 35.1. The number of aromatic amines is 1. The molecule has 6 heteroatoms. The van der Waals surface area contributed by atoms with Crippen LogP contribution in [0.15, 0.2) is 46.1 Å². The molecule has 6 nitrogen and oxygen atoms in total. The van der Waals surface area contributed by atoms with E-state index in [1.54, 1.807) is 0 Å². The molecule has 0 aliphatic heterocycles. The Morgan fingerprint density at radius 3 is 2.29 bits per heavy atom. The predicted molar refractivity (Wildman–Crippen MR) is 59.6 cm³/mol. The molecule has 0 spiro atoms. The topological polar surface area (TPSA) is 92.2 Å². The first-order valence-corrected chi connectivity index (χ1v) is 4.73. The number of rotatable bonds is 2. The largest absolute Gasteiger partial charge is 0.478 e. The first kappa shape index (κ1) is 10.9. The van der Waals surface area contributed by atoms with Crippen molar-refractivity contribution in [3.05, 3.63) is 62.9 Å². The molecule has 0 amide bonds. The fourth-order valence-electron chi connectivity index (χ4n) is 1.39. The van der Waals surface area contributed by atoms with Crippen molar-refractivity contribution in [2.24, 2.45) is 0 Å². The number of carboxylic acid groups (broad SMARTS) is 1. The number of benzene rings is 1. The SMILES string of the molecule is O=C(O)c1ccc(-n2ccc(=O)[nH]c2=O)cc1. The molecule has 2 aromatic rings. The minimum absolute atomic E-state index is 0.131. The molecule has 0 bridgehead atoms. The summed E-state index contributed by atoms with van der Waals surface area (Å²) in [7, 11) is 0. The minimum atomic E-state index is -1.04. The zero-order chi connectivity index (χ0) is 12.4. The lowest BCUT2D eigenvalue weighted by Gasteiger charge is -2.04. The van der Waals surface area contributed by atoms with Crippen molar-refractivity contribution >= 4 is 5.97 Å². The van der Waals surface area contributed by atoms with E-state index in [1.807, 2.05) is 0 Å². The number of hydrogen-bond acceptors (Lipinski definition) is 3. The van der Waals surface area contributed by atoms with Crippen LogP contribution in [0.25, 0.3) is 5.69 Å². The summed E-state index contributed by atoms with van der Waals surface area (Å²) in [6.07, 6.45) is 1.33. The van der Waals surface area contributed by atoms with Crippen LogP contribution in [0.2, 0.25) is 0 Å². The van der Waals surface area contributed by atoms with Crippen LogP contribution < -0.4 is 11.2 Å². The first-order valence-electron chi connectivity index (χ1n) is 4.73. The maximum Gasteiger partial charge on any atom is 0.335 e. The number of nitrogens with zero attached hydrogens (tertiary/aromatic N) is 1. The van der Waals surface area contributed by atoms with E-state index < -0.39 is 17.2 Å². The van der Waals surface area contributed by atoms with Crippen LogP contribution in [-0.2, 0) is 0 Å². The van der Waals surface area contributed by atoms with Gasteiger partial charge < -0.3 is 5.11 Å². The van der Waals surface area contributed by atoms with Crippen LogP contribution in [0.1, 0.15) is 10.4 Å². The maximum absolute atomic E-state index is 11.5. The van der Waals surface area contributed by atoms with E-state index in [4.69, 9.17) is 5.11 Å². The van der Waals surface area contributed by atoms with Gasteiger partial charge in [0.05, 0.1) is 11.3 Å². The highest BCUT2D eigenvalue weighted by Gasteiger charge is 2.03. The van der Waals surface area contributed by atoms with E-state index in [0.29, 0.717) is 5.69 Å². The smallest absolute Gasteiger partial charge is 0.335 e. The van der Waals surface area contributed by atoms with Crippen molar-refractivity contribution in [3.8, 4) is 5.69 Å². The molecular weight excluding hydrogens is 224 g/mol. The van der Waals surface area contributed by atoms with Gasteiger partial charge in [-0.2, -0.15) is 0 Å². The van der Waals surface area contributed by atoms with Gasteiger partial charge in [-0.15, -0.1) is 0 Å². The van der Waals surface area contributed by atoms with Gasteiger partial charge in [0.15, 0.2) is 0 Å². The molecule has 1 aromatic carbocycles. The summed E-state index contributed by atoms with van der Waals surface area (Å²) in [6, 6.07) is 6.96. The lowest BCUT2D eigenvalue weighted by Crippen LogP contribution is -2.27. The Bertz CT molecular complexity index is 667. The summed E-state index contributed by atoms with van der Waals surface area (Å²) in [5.74, 6) is -1.04. The van der Waals surface area contributed by atoms with Crippen LogP contribution in [0, 0.1) is 0 Å². The number of H-pyrrole nitrogens is 1. The van der Waals surface area contributed by atoms with E-state index in [2.05, 4.69) is 4.98 Å². The van der Waals surface area contributed by atoms with Crippen molar-refractivity contribution in [2.75, 3.05) is 0 Å². The number of carbonyl (C=O) groups is 1. The second kappa shape index (κ2) is 4.09. The van der Waals surface area contributed by atoms with E-state index in [9.17, 15) is 14.4 Å². The highest BCUT2D eigenvalue weighted by Crippen LogP contribution is 2.06. The van der Waals surface area contributed by atoms with Crippen LogP contribution in [0.4, 0.5) is 0 Å². The van der Waals surface area contributed by atoms with Gasteiger partial charge in [0.2, 0.25) is 0 Å². The average Bonchev–Trinajstić information content (AvgIpc) is 2.29. The zero-order valence-electron chi connectivity index (χ0n) is 8.58. The van der Waals surface area contributed by atoms with Crippen LogP contribution in [0.5, 0.6) is 0 Å². The minimum Gasteiger partial charge on any atom is -0.478 e. The van der Waals surface area contributed by atoms with E-state index in [0.717, 1.165) is 0 Å². The van der Waals surface area contributed by atoms with Crippen molar-refractivity contribution in [1.29, 1.82) is 0 Å². The molecule has 86 valence electrons. The number of hydrogen-bond donors (Lipinski definition) is 2. The highest BCUT2D eigenvalue weighted by atomic mass is 16.4. The van der Waals surface area contributed by atoms with Gasteiger partial charge in [-0.3, -0.25) is 14.3 Å². The summed E-state index contributed by atoms with van der Waals surface area (Å²) in [6.45, 7) is 0. The zero-order valence-corrected chi connectivity index (χ0v) is 8.58. The molecule has 0 saturated heterocycles. The van der Waals surface area contributed by atoms with Gasteiger partial charge >= 0.3 is 11.7 Å². The fourth-order valence-corrected chi connectivity index (χ4v) is 1.39. The second-order valence-electron chi connectivity index (χ2n) is 3.33. The molecule has 0 radical (unpaired) electrons. The highest BCUT2D eigenvalue weighted by molar-refractivity contribution is 5.87. The molecule has 0 saturated carbocycles. The third kappa shape index (κ3) is 2.15. The molecule has 2 rings (SSSR count). The van der Waals surface area contributed by atoms with Crippen LogP contribution >= 0.6 is 0 Å². The fraction of sp³-hybridized carbons (Fsp3) is 0. The van der Waals surface area contributed by atoms with Crippen LogP contribution in [-0.4, -0.2) is 20.6 Å². The molecular formula is C11H8N2O4. The maximum atomic E-state index is 11.5. The lowest BCUT2D eigenvalue weighted by molar-refractivity contribution is 0.0697. The Kier molecular flexibility index (Phi) is 2.61. The van der Waals surface area contributed by atoms with Crippen molar-refractivity contribution in [2.45, 2.75) is 0 Å². The number of nitrogens with one attached hydrogen (secondary N) is 1. The lowest BCUT2D eigenvalue weighted by atomic mass is 10.2. The van der Waals surface area contributed by atoms with Gasteiger partial charge in [-0.1, -0.05) is 0 Å². The molecule has 0 aliphatic carbocycles. The summed E-state index contributed by atoms with van der Waals surface area (Å²) < 4.78 is 1.22. The molecule has 1 heterocycles. The van der Waals surface area contributed by atoms with E-state index >= 15 is 0 Å². The van der Waals surface area contributed by atoms with Gasteiger partial charge in [0.25, 0.3) is 5.56 Å². The summed E-state index contributed by atoms with van der Waals surface area (Å²) in [5, 5.41) is 8.72. The monoisotopic (exact) mass is 232 g/mol. The quantitative estimate of drug-likeness (QED) is 0.774. The summed E-state index contributed by atoms with van der Waals surface area (Å²) in [5.41, 5.74) is -0.434. The second-order valence-corrected chi connectivity index (χ2v) is 3.33. The Morgan fingerprint density at radius 2 is 1.76 bits per heavy atom. The molecule has 17 heavy (non-hydrogen) atoms.